The van der Waals surface area contributed by atoms with Crippen LogP contribution in [0.1, 0.15) is 28.4 Å². The number of benzene rings is 1. The summed E-state index contributed by atoms with van der Waals surface area (Å²) in [7, 11) is 1.16. The molecule has 0 atom stereocenters. The summed E-state index contributed by atoms with van der Waals surface area (Å²) in [6.45, 7) is 1.81. The molecule has 0 aliphatic carbocycles. The van der Waals surface area contributed by atoms with Gasteiger partial charge in [-0.2, -0.15) is 5.26 Å². The van der Waals surface area contributed by atoms with Crippen LogP contribution in [0.4, 0.5) is 0 Å². The van der Waals surface area contributed by atoms with E-state index in [1.807, 2.05) is 6.07 Å². The van der Waals surface area contributed by atoms with Crippen molar-refractivity contribution in [3.05, 3.63) is 28.8 Å². The van der Waals surface area contributed by atoms with Crippen molar-refractivity contribution in [2.45, 2.75) is 18.2 Å². The van der Waals surface area contributed by atoms with Crippen molar-refractivity contribution >= 4 is 26.0 Å². The van der Waals surface area contributed by atoms with Gasteiger partial charge in [-0.25, -0.2) is 8.42 Å². The smallest absolute Gasteiger partial charge is 0.262 e. The normalized spacial score (nSPS) is 10.8. The van der Waals surface area contributed by atoms with Crippen LogP contribution in [0.3, 0.4) is 0 Å². The zero-order chi connectivity index (χ0) is 12.3. The van der Waals surface area contributed by atoms with Crippen molar-refractivity contribution in [3.8, 4) is 6.07 Å². The molecule has 0 spiro atoms. The Morgan fingerprint density at radius 3 is 2.50 bits per heavy atom. The molecule has 16 heavy (non-hydrogen) atoms. The predicted molar refractivity (Wildman–Crippen MR) is 59.0 cm³/mol. The summed E-state index contributed by atoms with van der Waals surface area (Å²) in [6.07, 6.45) is 0.946. The van der Waals surface area contributed by atoms with Crippen molar-refractivity contribution < 1.29 is 13.2 Å². The highest BCUT2D eigenvalue weighted by molar-refractivity contribution is 8.13. The molecular formula is C10H8ClNO3S. The Kier molecular flexibility index (Phi) is 3.68. The van der Waals surface area contributed by atoms with E-state index in [1.54, 1.807) is 6.92 Å². The van der Waals surface area contributed by atoms with Crippen LogP contribution in [0.5, 0.6) is 0 Å². The first-order chi connectivity index (χ1) is 7.43. The highest BCUT2D eigenvalue weighted by Crippen LogP contribution is 2.23. The summed E-state index contributed by atoms with van der Waals surface area (Å²) >= 11 is 0. The standard InChI is InChI=1S/C10H8ClNO3S/c1-2-7-3-9(6-13)10(16(11,14)15)4-8(7)5-12/h3-4,6H,2H2,1H3. The summed E-state index contributed by atoms with van der Waals surface area (Å²) in [5.41, 5.74) is 0.812. The van der Waals surface area contributed by atoms with Crippen molar-refractivity contribution in [2.24, 2.45) is 0 Å². The number of carbonyl (C=O) groups is 1. The maximum atomic E-state index is 11.2. The second-order valence-corrected chi connectivity index (χ2v) is 5.60. The number of nitrogens with zero attached hydrogens (tertiary/aromatic N) is 1. The van der Waals surface area contributed by atoms with E-state index in [9.17, 15) is 13.2 Å². The van der Waals surface area contributed by atoms with Crippen LogP contribution in [-0.2, 0) is 15.5 Å². The molecule has 84 valence electrons. The van der Waals surface area contributed by atoms with Crippen LogP contribution in [0.15, 0.2) is 17.0 Å². The van der Waals surface area contributed by atoms with Gasteiger partial charge in [0.25, 0.3) is 9.05 Å². The van der Waals surface area contributed by atoms with Crippen LogP contribution < -0.4 is 0 Å². The summed E-state index contributed by atoms with van der Waals surface area (Å²) in [4.78, 5) is 10.4. The van der Waals surface area contributed by atoms with Gasteiger partial charge in [0.15, 0.2) is 6.29 Å². The number of hydrogen-bond donors (Lipinski definition) is 0. The van der Waals surface area contributed by atoms with Crippen LogP contribution in [0, 0.1) is 11.3 Å². The topological polar surface area (TPSA) is 75.0 Å². The summed E-state index contributed by atoms with van der Waals surface area (Å²) in [5.74, 6) is 0. The van der Waals surface area contributed by atoms with Gasteiger partial charge in [-0.1, -0.05) is 6.92 Å². The van der Waals surface area contributed by atoms with Gasteiger partial charge in [0, 0.05) is 16.2 Å². The molecule has 0 bridgehead atoms. The molecule has 6 heteroatoms. The fraction of sp³-hybridized carbons (Fsp3) is 0.200. The minimum Gasteiger partial charge on any atom is -0.298 e. The van der Waals surface area contributed by atoms with Crippen molar-refractivity contribution in [2.75, 3.05) is 0 Å². The molecule has 0 saturated heterocycles. The molecule has 1 aromatic carbocycles. The number of aldehydes is 1. The number of halogens is 1. The average molecular weight is 258 g/mol. The number of aryl methyl sites for hydroxylation is 1. The number of hydrogen-bond acceptors (Lipinski definition) is 4. The first-order valence-corrected chi connectivity index (χ1v) is 6.71. The van der Waals surface area contributed by atoms with Crippen LogP contribution in [0.25, 0.3) is 0 Å². The minimum atomic E-state index is -4.01. The Labute approximate surface area is 97.9 Å². The van der Waals surface area contributed by atoms with E-state index in [0.29, 0.717) is 18.3 Å². The van der Waals surface area contributed by atoms with Crippen molar-refractivity contribution in [3.63, 3.8) is 0 Å². The van der Waals surface area contributed by atoms with Gasteiger partial charge in [-0.3, -0.25) is 4.79 Å². The van der Waals surface area contributed by atoms with E-state index in [-0.39, 0.29) is 16.0 Å². The highest BCUT2D eigenvalue weighted by atomic mass is 35.7. The van der Waals surface area contributed by atoms with E-state index in [1.165, 1.54) is 6.07 Å². The lowest BCUT2D eigenvalue weighted by atomic mass is 10.0. The zero-order valence-electron chi connectivity index (χ0n) is 8.40. The molecule has 0 unspecified atom stereocenters. The summed E-state index contributed by atoms with van der Waals surface area (Å²) in [5, 5.41) is 8.83. The first kappa shape index (κ1) is 12.7. The van der Waals surface area contributed by atoms with Gasteiger partial charge in [0.1, 0.15) is 0 Å². The SMILES string of the molecule is CCc1cc(C=O)c(S(=O)(=O)Cl)cc1C#N. The third-order valence-corrected chi connectivity index (χ3v) is 3.50. The Morgan fingerprint density at radius 2 is 2.12 bits per heavy atom. The predicted octanol–water partition coefficient (Wildman–Crippen LogP) is 1.86. The fourth-order valence-electron chi connectivity index (χ4n) is 1.34. The lowest BCUT2D eigenvalue weighted by Crippen LogP contribution is -2.01. The van der Waals surface area contributed by atoms with E-state index >= 15 is 0 Å². The molecule has 0 radical (unpaired) electrons. The second-order valence-electron chi connectivity index (χ2n) is 3.07. The van der Waals surface area contributed by atoms with E-state index in [4.69, 9.17) is 15.9 Å². The monoisotopic (exact) mass is 257 g/mol. The molecule has 0 aliphatic heterocycles. The Morgan fingerprint density at radius 1 is 1.50 bits per heavy atom. The van der Waals surface area contributed by atoms with Gasteiger partial charge >= 0.3 is 0 Å². The minimum absolute atomic E-state index is 0.0224. The molecule has 0 fully saturated rings. The van der Waals surface area contributed by atoms with Gasteiger partial charge in [0.2, 0.25) is 0 Å². The number of carbonyl (C=O) groups excluding carboxylic acids is 1. The zero-order valence-corrected chi connectivity index (χ0v) is 9.97. The van der Waals surface area contributed by atoms with Gasteiger partial charge in [-0.05, 0) is 24.1 Å². The molecular weight excluding hydrogens is 250 g/mol. The molecule has 0 aliphatic rings. The van der Waals surface area contributed by atoms with Crippen molar-refractivity contribution in [1.29, 1.82) is 5.26 Å². The number of nitriles is 1. The van der Waals surface area contributed by atoms with Gasteiger partial charge < -0.3 is 0 Å². The summed E-state index contributed by atoms with van der Waals surface area (Å²) in [6, 6.07) is 4.38. The Balaban J connectivity index is 3.65. The van der Waals surface area contributed by atoms with Gasteiger partial charge in [-0.15, -0.1) is 0 Å². The Bertz CT molecular complexity index is 572. The molecule has 0 aromatic heterocycles. The third-order valence-electron chi connectivity index (χ3n) is 2.13. The third kappa shape index (κ3) is 2.40. The molecule has 1 aromatic rings. The van der Waals surface area contributed by atoms with E-state index < -0.39 is 9.05 Å². The van der Waals surface area contributed by atoms with E-state index in [0.717, 1.165) is 6.07 Å². The lowest BCUT2D eigenvalue weighted by Gasteiger charge is -2.05. The largest absolute Gasteiger partial charge is 0.298 e. The highest BCUT2D eigenvalue weighted by Gasteiger charge is 2.18. The Hall–Kier alpha value is -1.38. The van der Waals surface area contributed by atoms with Gasteiger partial charge in [0.05, 0.1) is 16.5 Å². The second kappa shape index (κ2) is 4.64. The average Bonchev–Trinajstić information content (AvgIpc) is 2.25. The van der Waals surface area contributed by atoms with E-state index in [2.05, 4.69) is 0 Å². The van der Waals surface area contributed by atoms with Crippen molar-refractivity contribution in [1.82, 2.24) is 0 Å². The van der Waals surface area contributed by atoms with Crippen LogP contribution in [-0.4, -0.2) is 14.7 Å². The number of rotatable bonds is 3. The quantitative estimate of drug-likeness (QED) is 0.612. The maximum Gasteiger partial charge on any atom is 0.262 e. The summed E-state index contributed by atoms with van der Waals surface area (Å²) < 4.78 is 22.4. The molecule has 1 rings (SSSR count). The van der Waals surface area contributed by atoms with Crippen LogP contribution >= 0.6 is 10.7 Å². The molecule has 0 saturated carbocycles. The molecule has 0 N–H and O–H groups in total. The first-order valence-electron chi connectivity index (χ1n) is 4.41. The lowest BCUT2D eigenvalue weighted by molar-refractivity contribution is 0.112. The maximum absolute atomic E-state index is 11.2. The molecule has 0 heterocycles. The fourth-order valence-corrected chi connectivity index (χ4v) is 2.39. The van der Waals surface area contributed by atoms with Crippen LogP contribution in [0.2, 0.25) is 0 Å². The molecule has 4 nitrogen and oxygen atoms in total. The molecule has 0 amide bonds.